The summed E-state index contributed by atoms with van der Waals surface area (Å²) in [5.74, 6) is -0.0814. The van der Waals surface area contributed by atoms with E-state index in [1.807, 2.05) is 23.1 Å². The van der Waals surface area contributed by atoms with Crippen LogP contribution in [0.5, 0.6) is 5.75 Å². The van der Waals surface area contributed by atoms with Crippen LogP contribution in [0.15, 0.2) is 18.2 Å². The molecule has 0 aromatic heterocycles. The summed E-state index contributed by atoms with van der Waals surface area (Å²) < 4.78 is 5.13. The van der Waals surface area contributed by atoms with Gasteiger partial charge in [0.25, 0.3) is 0 Å². The van der Waals surface area contributed by atoms with Gasteiger partial charge in [-0.05, 0) is 17.7 Å². The minimum Gasteiger partial charge on any atom is -0.495 e. The summed E-state index contributed by atoms with van der Waals surface area (Å²) in [7, 11) is 1.60. The van der Waals surface area contributed by atoms with Gasteiger partial charge in [-0.2, -0.15) is 0 Å². The van der Waals surface area contributed by atoms with Gasteiger partial charge < -0.3 is 9.84 Å². The van der Waals surface area contributed by atoms with Crippen molar-refractivity contribution in [2.45, 2.75) is 6.54 Å². The normalized spacial score (nSPS) is 17.1. The maximum absolute atomic E-state index is 10.7. The first-order valence-corrected chi connectivity index (χ1v) is 6.95. The lowest BCUT2D eigenvalue weighted by molar-refractivity contribution is -0.138. The van der Waals surface area contributed by atoms with Crippen molar-refractivity contribution < 1.29 is 14.6 Å². The van der Waals surface area contributed by atoms with Gasteiger partial charge in [0.2, 0.25) is 0 Å². The summed E-state index contributed by atoms with van der Waals surface area (Å²) in [6, 6.07) is 5.80. The van der Waals surface area contributed by atoms with E-state index in [1.54, 1.807) is 7.11 Å². The van der Waals surface area contributed by atoms with Gasteiger partial charge in [-0.15, -0.1) is 0 Å². The fraction of sp³-hybridized carbons (Fsp3) is 0.500. The standard InChI is InChI=1S/C14H19ClN2O3/c1-20-13-3-2-11(8-12(13)15)9-16-4-6-17(7-5-16)10-14(18)19/h2-3,8H,4-7,9-10H2,1H3,(H,18,19). The van der Waals surface area contributed by atoms with Crippen LogP contribution in [-0.4, -0.2) is 60.7 Å². The lowest BCUT2D eigenvalue weighted by atomic mass is 10.2. The van der Waals surface area contributed by atoms with Crippen LogP contribution < -0.4 is 4.74 Å². The number of methoxy groups -OCH3 is 1. The van der Waals surface area contributed by atoms with Crippen molar-refractivity contribution in [2.75, 3.05) is 39.8 Å². The number of benzene rings is 1. The first-order valence-electron chi connectivity index (χ1n) is 6.57. The highest BCUT2D eigenvalue weighted by Crippen LogP contribution is 2.25. The second kappa shape index (κ2) is 6.92. The highest BCUT2D eigenvalue weighted by Gasteiger charge is 2.18. The zero-order valence-electron chi connectivity index (χ0n) is 11.5. The molecule has 6 heteroatoms. The smallest absolute Gasteiger partial charge is 0.317 e. The first-order chi connectivity index (χ1) is 9.58. The molecular weight excluding hydrogens is 280 g/mol. The number of nitrogens with zero attached hydrogens (tertiary/aromatic N) is 2. The Bertz CT molecular complexity index is 473. The molecule has 5 nitrogen and oxygen atoms in total. The molecule has 1 heterocycles. The van der Waals surface area contributed by atoms with E-state index < -0.39 is 5.97 Å². The topological polar surface area (TPSA) is 53.0 Å². The van der Waals surface area contributed by atoms with Gasteiger partial charge in [0.15, 0.2) is 0 Å². The molecule has 1 aliphatic rings. The Morgan fingerprint density at radius 2 is 1.95 bits per heavy atom. The fourth-order valence-corrected chi connectivity index (χ4v) is 2.64. The molecule has 1 saturated heterocycles. The Labute approximate surface area is 123 Å². The molecule has 1 aliphatic heterocycles. The Hall–Kier alpha value is -1.30. The first kappa shape index (κ1) is 15.1. The number of rotatable bonds is 5. The van der Waals surface area contributed by atoms with E-state index in [9.17, 15) is 4.79 Å². The molecule has 0 aliphatic carbocycles. The Morgan fingerprint density at radius 3 is 2.50 bits per heavy atom. The Morgan fingerprint density at radius 1 is 1.30 bits per heavy atom. The van der Waals surface area contributed by atoms with E-state index in [-0.39, 0.29) is 6.54 Å². The van der Waals surface area contributed by atoms with E-state index in [0.717, 1.165) is 38.3 Å². The highest BCUT2D eigenvalue weighted by molar-refractivity contribution is 6.32. The third-order valence-electron chi connectivity index (χ3n) is 3.45. The monoisotopic (exact) mass is 298 g/mol. The van der Waals surface area contributed by atoms with Crippen LogP contribution in [0.2, 0.25) is 5.02 Å². The van der Waals surface area contributed by atoms with E-state index in [2.05, 4.69) is 4.90 Å². The lowest BCUT2D eigenvalue weighted by Gasteiger charge is -2.33. The average molecular weight is 299 g/mol. The molecule has 2 rings (SSSR count). The maximum Gasteiger partial charge on any atom is 0.317 e. The second-order valence-corrected chi connectivity index (χ2v) is 5.32. The molecule has 1 aromatic carbocycles. The minimum absolute atomic E-state index is 0.127. The molecule has 0 atom stereocenters. The summed E-state index contributed by atoms with van der Waals surface area (Å²) in [5.41, 5.74) is 1.14. The van der Waals surface area contributed by atoms with E-state index in [0.29, 0.717) is 10.8 Å². The Kier molecular flexibility index (Phi) is 5.23. The predicted octanol–water partition coefficient (Wildman–Crippen LogP) is 1.55. The molecule has 20 heavy (non-hydrogen) atoms. The Balaban J connectivity index is 1.86. The quantitative estimate of drug-likeness (QED) is 0.894. The number of ether oxygens (including phenoxy) is 1. The number of hydrogen-bond donors (Lipinski definition) is 1. The molecule has 1 N–H and O–H groups in total. The average Bonchev–Trinajstić information content (AvgIpc) is 2.41. The van der Waals surface area contributed by atoms with Crippen molar-refractivity contribution in [3.63, 3.8) is 0 Å². The number of carbonyl (C=O) groups is 1. The van der Waals surface area contributed by atoms with Gasteiger partial charge in [-0.1, -0.05) is 17.7 Å². The third-order valence-corrected chi connectivity index (χ3v) is 3.74. The van der Waals surface area contributed by atoms with E-state index in [1.165, 1.54) is 0 Å². The summed E-state index contributed by atoms with van der Waals surface area (Å²) >= 11 is 6.11. The molecule has 0 saturated carbocycles. The van der Waals surface area contributed by atoms with Crippen molar-refractivity contribution in [3.8, 4) is 5.75 Å². The number of hydrogen-bond acceptors (Lipinski definition) is 4. The number of carboxylic acids is 1. The number of piperazine rings is 1. The summed E-state index contributed by atoms with van der Waals surface area (Å²) in [6.45, 7) is 4.27. The lowest BCUT2D eigenvalue weighted by Crippen LogP contribution is -2.47. The summed E-state index contributed by atoms with van der Waals surface area (Å²) in [5, 5.41) is 9.38. The SMILES string of the molecule is COc1ccc(CN2CCN(CC(=O)O)CC2)cc1Cl. The van der Waals surface area contributed by atoms with Crippen molar-refractivity contribution in [2.24, 2.45) is 0 Å². The van der Waals surface area contributed by atoms with Crippen LogP contribution in [0.1, 0.15) is 5.56 Å². The molecule has 0 amide bonds. The number of halogens is 1. The largest absolute Gasteiger partial charge is 0.495 e. The molecule has 0 radical (unpaired) electrons. The molecule has 0 spiro atoms. The number of aliphatic carboxylic acids is 1. The molecule has 1 aromatic rings. The van der Waals surface area contributed by atoms with Gasteiger partial charge in [0, 0.05) is 32.7 Å². The van der Waals surface area contributed by atoms with Gasteiger partial charge >= 0.3 is 5.97 Å². The van der Waals surface area contributed by atoms with Crippen LogP contribution in [0, 0.1) is 0 Å². The molecule has 0 bridgehead atoms. The van der Waals surface area contributed by atoms with Gasteiger partial charge in [0.1, 0.15) is 5.75 Å². The molecular formula is C14H19ClN2O3. The second-order valence-electron chi connectivity index (χ2n) is 4.91. The molecule has 0 unspecified atom stereocenters. The summed E-state index contributed by atoms with van der Waals surface area (Å²) in [6.07, 6.45) is 0. The van der Waals surface area contributed by atoms with E-state index in [4.69, 9.17) is 21.4 Å². The van der Waals surface area contributed by atoms with E-state index >= 15 is 0 Å². The van der Waals surface area contributed by atoms with Crippen LogP contribution in [0.25, 0.3) is 0 Å². The maximum atomic E-state index is 10.7. The van der Waals surface area contributed by atoms with Crippen LogP contribution in [-0.2, 0) is 11.3 Å². The zero-order chi connectivity index (χ0) is 14.5. The number of carboxylic acid groups (broad SMARTS) is 1. The molecule has 110 valence electrons. The van der Waals surface area contributed by atoms with Gasteiger partial charge in [-0.25, -0.2) is 0 Å². The fourth-order valence-electron chi connectivity index (χ4n) is 2.36. The van der Waals surface area contributed by atoms with Crippen molar-refractivity contribution >= 4 is 17.6 Å². The highest BCUT2D eigenvalue weighted by atomic mass is 35.5. The zero-order valence-corrected chi connectivity index (χ0v) is 12.3. The van der Waals surface area contributed by atoms with Crippen LogP contribution >= 0.6 is 11.6 Å². The predicted molar refractivity (Wildman–Crippen MR) is 77.4 cm³/mol. The van der Waals surface area contributed by atoms with Crippen LogP contribution in [0.4, 0.5) is 0 Å². The van der Waals surface area contributed by atoms with Gasteiger partial charge in [0.05, 0.1) is 18.7 Å². The van der Waals surface area contributed by atoms with Crippen LogP contribution in [0.3, 0.4) is 0 Å². The third kappa shape index (κ3) is 4.10. The van der Waals surface area contributed by atoms with Gasteiger partial charge in [-0.3, -0.25) is 14.6 Å². The van der Waals surface area contributed by atoms with Crippen molar-refractivity contribution in [1.29, 1.82) is 0 Å². The van der Waals surface area contributed by atoms with Crippen molar-refractivity contribution in [1.82, 2.24) is 9.80 Å². The van der Waals surface area contributed by atoms with Crippen molar-refractivity contribution in [3.05, 3.63) is 28.8 Å². The minimum atomic E-state index is -0.764. The summed E-state index contributed by atoms with van der Waals surface area (Å²) in [4.78, 5) is 14.9. The molecule has 1 fully saturated rings.